The van der Waals surface area contributed by atoms with Gasteiger partial charge in [-0.2, -0.15) is 5.10 Å². The van der Waals surface area contributed by atoms with E-state index in [1.807, 2.05) is 66.7 Å². The molecule has 7 heteroatoms. The van der Waals surface area contributed by atoms with Crippen molar-refractivity contribution in [1.29, 1.82) is 0 Å². The second-order valence-electron chi connectivity index (χ2n) is 7.59. The van der Waals surface area contributed by atoms with Crippen molar-refractivity contribution in [1.82, 2.24) is 20.5 Å². The molecular formula is C25H21N5O2. The number of hydrogen-bond acceptors (Lipinski definition) is 3. The number of hydrogen-bond donors (Lipinski definition) is 4. The molecule has 0 aliphatic heterocycles. The lowest BCUT2D eigenvalue weighted by molar-refractivity contribution is -0.118. The maximum atomic E-state index is 13.3. The number of carbonyl (C=O) groups is 2. The minimum atomic E-state index is -0.763. The Balaban J connectivity index is 1.43. The van der Waals surface area contributed by atoms with E-state index >= 15 is 0 Å². The van der Waals surface area contributed by atoms with Crippen LogP contribution in [0.1, 0.15) is 15.9 Å². The molecule has 5 aromatic rings. The summed E-state index contributed by atoms with van der Waals surface area (Å²) in [6.45, 7) is 0. The van der Waals surface area contributed by atoms with E-state index < -0.39 is 6.04 Å². The molecule has 0 spiro atoms. The molecule has 1 unspecified atom stereocenters. The maximum absolute atomic E-state index is 13.3. The number of benzene rings is 3. The second kappa shape index (κ2) is 8.39. The van der Waals surface area contributed by atoms with Crippen molar-refractivity contribution >= 4 is 39.3 Å². The molecule has 7 nitrogen and oxygen atoms in total. The summed E-state index contributed by atoms with van der Waals surface area (Å²) in [4.78, 5) is 29.6. The summed E-state index contributed by atoms with van der Waals surface area (Å²) >= 11 is 0. The number of aromatic amines is 2. The minimum absolute atomic E-state index is 0.294. The highest BCUT2D eigenvalue weighted by molar-refractivity contribution is 6.09. The van der Waals surface area contributed by atoms with Gasteiger partial charge in [0.15, 0.2) is 0 Å². The van der Waals surface area contributed by atoms with Crippen LogP contribution in [-0.4, -0.2) is 33.0 Å². The molecule has 2 amide bonds. The van der Waals surface area contributed by atoms with Crippen LogP contribution in [-0.2, 0) is 11.2 Å². The first-order valence-electron chi connectivity index (χ1n) is 10.3. The standard InChI is InChI=1S/C25H21N5O2/c31-24(18-8-4-9-20-17(18)12-13-26-20)29-23(14-16-6-2-1-3-7-16)25(32)28-21-10-5-11-22-19(21)15-27-30-22/h1-13,15,23,26H,14H2,(H,27,30)(H,28,32)(H,29,31). The van der Waals surface area contributed by atoms with Crippen LogP contribution in [0, 0.1) is 0 Å². The van der Waals surface area contributed by atoms with Crippen molar-refractivity contribution in [2.75, 3.05) is 5.32 Å². The van der Waals surface area contributed by atoms with Gasteiger partial charge in [0, 0.05) is 34.5 Å². The number of aromatic nitrogens is 3. The van der Waals surface area contributed by atoms with Gasteiger partial charge in [0.2, 0.25) is 5.91 Å². The Morgan fingerprint density at radius 1 is 0.875 bits per heavy atom. The van der Waals surface area contributed by atoms with Crippen LogP contribution in [0.3, 0.4) is 0 Å². The van der Waals surface area contributed by atoms with Crippen LogP contribution in [0.15, 0.2) is 85.2 Å². The van der Waals surface area contributed by atoms with Gasteiger partial charge >= 0.3 is 0 Å². The monoisotopic (exact) mass is 423 g/mol. The average molecular weight is 423 g/mol. The van der Waals surface area contributed by atoms with Gasteiger partial charge in [0.25, 0.3) is 5.91 Å². The van der Waals surface area contributed by atoms with E-state index in [-0.39, 0.29) is 11.8 Å². The summed E-state index contributed by atoms with van der Waals surface area (Å²) in [6.07, 6.45) is 3.83. The molecule has 2 aromatic heterocycles. The third-order valence-corrected chi connectivity index (χ3v) is 5.49. The van der Waals surface area contributed by atoms with E-state index in [4.69, 9.17) is 0 Å². The van der Waals surface area contributed by atoms with Crippen molar-refractivity contribution in [2.45, 2.75) is 12.5 Å². The molecular weight excluding hydrogens is 402 g/mol. The fourth-order valence-electron chi connectivity index (χ4n) is 3.88. The fraction of sp³-hybridized carbons (Fsp3) is 0.0800. The van der Waals surface area contributed by atoms with E-state index in [0.717, 1.165) is 27.4 Å². The van der Waals surface area contributed by atoms with Gasteiger partial charge in [0.05, 0.1) is 17.4 Å². The summed E-state index contributed by atoms with van der Waals surface area (Å²) in [5.41, 5.74) is 3.81. The first kappa shape index (κ1) is 19.6. The van der Waals surface area contributed by atoms with Crippen LogP contribution >= 0.6 is 0 Å². The quantitative estimate of drug-likeness (QED) is 0.332. The molecule has 0 aliphatic carbocycles. The zero-order valence-corrected chi connectivity index (χ0v) is 17.1. The highest BCUT2D eigenvalue weighted by atomic mass is 16.2. The zero-order valence-electron chi connectivity index (χ0n) is 17.1. The highest BCUT2D eigenvalue weighted by Crippen LogP contribution is 2.22. The molecule has 1 atom stereocenters. The van der Waals surface area contributed by atoms with Crippen molar-refractivity contribution in [3.8, 4) is 0 Å². The largest absolute Gasteiger partial charge is 0.361 e. The molecule has 4 N–H and O–H groups in total. The highest BCUT2D eigenvalue weighted by Gasteiger charge is 2.23. The van der Waals surface area contributed by atoms with Gasteiger partial charge in [-0.25, -0.2) is 0 Å². The molecule has 3 aromatic carbocycles. The Morgan fingerprint density at radius 2 is 1.69 bits per heavy atom. The molecule has 2 heterocycles. The predicted molar refractivity (Wildman–Crippen MR) is 124 cm³/mol. The normalized spacial score (nSPS) is 12.0. The van der Waals surface area contributed by atoms with Gasteiger partial charge in [-0.15, -0.1) is 0 Å². The van der Waals surface area contributed by atoms with E-state index in [2.05, 4.69) is 25.8 Å². The fourth-order valence-corrected chi connectivity index (χ4v) is 3.88. The van der Waals surface area contributed by atoms with Gasteiger partial charge in [-0.1, -0.05) is 42.5 Å². The molecule has 0 fully saturated rings. The summed E-state index contributed by atoms with van der Waals surface area (Å²) in [5.74, 6) is -0.593. The number of rotatable bonds is 6. The lowest BCUT2D eigenvalue weighted by Crippen LogP contribution is -2.45. The smallest absolute Gasteiger partial charge is 0.252 e. The Hall–Kier alpha value is -4.39. The number of fused-ring (bicyclic) bond motifs is 2. The lowest BCUT2D eigenvalue weighted by Gasteiger charge is -2.19. The summed E-state index contributed by atoms with van der Waals surface area (Å²) in [6, 6.07) is 21.8. The number of H-pyrrole nitrogens is 2. The molecule has 32 heavy (non-hydrogen) atoms. The van der Waals surface area contributed by atoms with Gasteiger partial charge in [-0.05, 0) is 35.9 Å². The lowest BCUT2D eigenvalue weighted by atomic mass is 10.0. The van der Waals surface area contributed by atoms with Crippen LogP contribution in [0.4, 0.5) is 5.69 Å². The Labute approximate surface area is 183 Å². The van der Waals surface area contributed by atoms with Gasteiger partial charge < -0.3 is 15.6 Å². The van der Waals surface area contributed by atoms with Crippen molar-refractivity contribution < 1.29 is 9.59 Å². The molecule has 5 rings (SSSR count). The second-order valence-corrected chi connectivity index (χ2v) is 7.59. The van der Waals surface area contributed by atoms with E-state index in [9.17, 15) is 9.59 Å². The third kappa shape index (κ3) is 3.83. The number of anilines is 1. The molecule has 0 aliphatic rings. The van der Waals surface area contributed by atoms with Gasteiger partial charge in [0.1, 0.15) is 6.04 Å². The van der Waals surface area contributed by atoms with E-state index in [1.54, 1.807) is 18.5 Å². The number of carbonyl (C=O) groups excluding carboxylic acids is 2. The molecule has 158 valence electrons. The Bertz CT molecular complexity index is 1400. The van der Waals surface area contributed by atoms with E-state index in [0.29, 0.717) is 17.7 Å². The van der Waals surface area contributed by atoms with Crippen molar-refractivity contribution in [3.05, 3.63) is 96.3 Å². The van der Waals surface area contributed by atoms with E-state index in [1.165, 1.54) is 0 Å². The van der Waals surface area contributed by atoms with Crippen LogP contribution in [0.25, 0.3) is 21.8 Å². The maximum Gasteiger partial charge on any atom is 0.252 e. The van der Waals surface area contributed by atoms with Crippen molar-refractivity contribution in [3.63, 3.8) is 0 Å². The third-order valence-electron chi connectivity index (χ3n) is 5.49. The first-order chi connectivity index (χ1) is 15.7. The number of nitrogens with zero attached hydrogens (tertiary/aromatic N) is 1. The number of nitrogens with one attached hydrogen (secondary N) is 4. The minimum Gasteiger partial charge on any atom is -0.361 e. The topological polar surface area (TPSA) is 103 Å². The average Bonchev–Trinajstić information content (AvgIpc) is 3.49. The van der Waals surface area contributed by atoms with Crippen LogP contribution in [0.5, 0.6) is 0 Å². The summed E-state index contributed by atoms with van der Waals surface area (Å²) in [5, 5.41) is 14.5. The van der Waals surface area contributed by atoms with Crippen LogP contribution < -0.4 is 10.6 Å². The number of amides is 2. The first-order valence-corrected chi connectivity index (χ1v) is 10.3. The Kier molecular flexibility index (Phi) is 5.13. The molecule has 0 saturated carbocycles. The predicted octanol–water partition coefficient (Wildman–Crippen LogP) is 4.02. The summed E-state index contributed by atoms with van der Waals surface area (Å²) < 4.78 is 0. The Morgan fingerprint density at radius 3 is 2.56 bits per heavy atom. The molecule has 0 bridgehead atoms. The van der Waals surface area contributed by atoms with Crippen molar-refractivity contribution in [2.24, 2.45) is 0 Å². The SMILES string of the molecule is O=C(NC(Cc1ccccc1)C(=O)Nc1cccc2[nH]ncc12)c1cccc2[nH]ccc12. The van der Waals surface area contributed by atoms with Gasteiger partial charge in [-0.3, -0.25) is 14.7 Å². The summed E-state index contributed by atoms with van der Waals surface area (Å²) in [7, 11) is 0. The molecule has 0 radical (unpaired) electrons. The van der Waals surface area contributed by atoms with Crippen LogP contribution in [0.2, 0.25) is 0 Å². The molecule has 0 saturated heterocycles. The zero-order chi connectivity index (χ0) is 21.9.